The van der Waals surface area contributed by atoms with E-state index in [0.29, 0.717) is 36.3 Å². The summed E-state index contributed by atoms with van der Waals surface area (Å²) in [4.78, 5) is 11.9. The first kappa shape index (κ1) is 17.1. The predicted octanol–water partition coefficient (Wildman–Crippen LogP) is 2.71. The summed E-state index contributed by atoms with van der Waals surface area (Å²) in [5, 5.41) is 12.7. The van der Waals surface area contributed by atoms with Gasteiger partial charge < -0.3 is 19.9 Å². The lowest BCUT2D eigenvalue weighted by Gasteiger charge is -2.15. The highest BCUT2D eigenvalue weighted by molar-refractivity contribution is 5.76. The molecule has 2 N–H and O–H groups in total. The van der Waals surface area contributed by atoms with E-state index in [-0.39, 0.29) is 11.7 Å². The van der Waals surface area contributed by atoms with Crippen LogP contribution in [0.4, 0.5) is 0 Å². The number of aromatic hydroxyl groups is 1. The minimum atomic E-state index is -0.0384. The van der Waals surface area contributed by atoms with Crippen LogP contribution in [-0.4, -0.2) is 25.2 Å². The molecule has 0 spiro atoms. The van der Waals surface area contributed by atoms with Crippen molar-refractivity contribution in [3.05, 3.63) is 17.7 Å². The van der Waals surface area contributed by atoms with Crippen LogP contribution in [0.5, 0.6) is 17.2 Å². The topological polar surface area (TPSA) is 67.8 Å². The highest BCUT2D eigenvalue weighted by Gasteiger charge is 2.14. The number of rotatable bonds is 7. The van der Waals surface area contributed by atoms with E-state index in [1.54, 1.807) is 12.1 Å². The van der Waals surface area contributed by atoms with E-state index in [4.69, 9.17) is 9.47 Å². The van der Waals surface area contributed by atoms with Crippen molar-refractivity contribution in [2.75, 3.05) is 14.2 Å². The van der Waals surface area contributed by atoms with Crippen LogP contribution in [-0.2, 0) is 11.3 Å². The van der Waals surface area contributed by atoms with Crippen LogP contribution in [0.2, 0.25) is 0 Å². The number of carbonyl (C=O) groups is 1. The minimum Gasteiger partial charge on any atom is -0.502 e. The van der Waals surface area contributed by atoms with Crippen molar-refractivity contribution in [3.63, 3.8) is 0 Å². The summed E-state index contributed by atoms with van der Waals surface area (Å²) < 4.78 is 10.2. The SMILES string of the molecule is COc1cc(CNC(=O)CC(C)C(C)C)cc(OC)c1O. The molecule has 0 aromatic heterocycles. The maximum Gasteiger partial charge on any atom is 0.220 e. The number of phenols is 1. The maximum atomic E-state index is 11.9. The maximum absolute atomic E-state index is 11.9. The average Bonchev–Trinajstić information content (AvgIpc) is 2.45. The molecule has 5 heteroatoms. The van der Waals surface area contributed by atoms with Crippen LogP contribution in [0, 0.1) is 11.8 Å². The van der Waals surface area contributed by atoms with Crippen molar-refractivity contribution in [1.29, 1.82) is 0 Å². The number of benzene rings is 1. The predicted molar refractivity (Wildman–Crippen MR) is 81.7 cm³/mol. The molecule has 0 aliphatic carbocycles. The average molecular weight is 295 g/mol. The van der Waals surface area contributed by atoms with Crippen molar-refractivity contribution in [2.24, 2.45) is 11.8 Å². The lowest BCUT2D eigenvalue weighted by Crippen LogP contribution is -2.25. The van der Waals surface area contributed by atoms with Gasteiger partial charge in [-0.25, -0.2) is 0 Å². The number of carbonyl (C=O) groups excluding carboxylic acids is 1. The first-order valence-electron chi connectivity index (χ1n) is 7.09. The first-order chi connectivity index (χ1) is 9.88. The molecule has 1 aromatic carbocycles. The van der Waals surface area contributed by atoms with E-state index in [0.717, 1.165) is 5.56 Å². The summed E-state index contributed by atoms with van der Waals surface area (Å²) in [6.45, 7) is 6.65. The van der Waals surface area contributed by atoms with Gasteiger partial charge in [-0.15, -0.1) is 0 Å². The standard InChI is InChI=1S/C16H25NO4/c1-10(2)11(3)6-15(18)17-9-12-7-13(20-4)16(19)14(8-12)21-5/h7-8,10-11,19H,6,9H2,1-5H3,(H,17,18). The van der Waals surface area contributed by atoms with E-state index in [9.17, 15) is 9.90 Å². The van der Waals surface area contributed by atoms with Gasteiger partial charge in [-0.1, -0.05) is 20.8 Å². The Morgan fingerprint density at radius 2 is 1.71 bits per heavy atom. The van der Waals surface area contributed by atoms with Gasteiger partial charge in [0.15, 0.2) is 11.5 Å². The zero-order valence-electron chi connectivity index (χ0n) is 13.4. The molecule has 0 saturated carbocycles. The van der Waals surface area contributed by atoms with Crippen LogP contribution in [0.15, 0.2) is 12.1 Å². The lowest BCUT2D eigenvalue weighted by molar-refractivity contribution is -0.122. The van der Waals surface area contributed by atoms with Crippen molar-refractivity contribution < 1.29 is 19.4 Å². The molecule has 21 heavy (non-hydrogen) atoms. The van der Waals surface area contributed by atoms with Gasteiger partial charge in [0.25, 0.3) is 0 Å². The molecule has 0 radical (unpaired) electrons. The Morgan fingerprint density at radius 1 is 1.19 bits per heavy atom. The summed E-state index contributed by atoms with van der Waals surface area (Å²) in [6, 6.07) is 3.37. The second-order valence-electron chi connectivity index (χ2n) is 5.55. The van der Waals surface area contributed by atoms with Gasteiger partial charge in [-0.05, 0) is 29.5 Å². The van der Waals surface area contributed by atoms with Crippen molar-refractivity contribution in [3.8, 4) is 17.2 Å². The van der Waals surface area contributed by atoms with Crippen LogP contribution in [0.25, 0.3) is 0 Å². The summed E-state index contributed by atoms with van der Waals surface area (Å²) in [5.74, 6) is 1.45. The van der Waals surface area contributed by atoms with Gasteiger partial charge in [0.1, 0.15) is 0 Å². The number of ether oxygens (including phenoxy) is 2. The second kappa shape index (κ2) is 7.76. The first-order valence-corrected chi connectivity index (χ1v) is 7.09. The Labute approximate surface area is 126 Å². The van der Waals surface area contributed by atoms with Crippen molar-refractivity contribution >= 4 is 5.91 Å². The third-order valence-electron chi connectivity index (χ3n) is 3.67. The Morgan fingerprint density at radius 3 is 2.14 bits per heavy atom. The quantitative estimate of drug-likeness (QED) is 0.811. The zero-order valence-corrected chi connectivity index (χ0v) is 13.4. The molecule has 1 rings (SSSR count). The Balaban J connectivity index is 2.69. The van der Waals surface area contributed by atoms with Gasteiger partial charge in [0.2, 0.25) is 11.7 Å². The van der Waals surface area contributed by atoms with Gasteiger partial charge >= 0.3 is 0 Å². The molecule has 1 amide bonds. The second-order valence-corrected chi connectivity index (χ2v) is 5.55. The molecule has 0 aliphatic heterocycles. The summed E-state index contributed by atoms with van der Waals surface area (Å²) in [6.07, 6.45) is 0.504. The fourth-order valence-electron chi connectivity index (χ4n) is 1.85. The summed E-state index contributed by atoms with van der Waals surface area (Å²) in [5.41, 5.74) is 0.812. The van der Waals surface area contributed by atoms with Crippen LogP contribution >= 0.6 is 0 Å². The van der Waals surface area contributed by atoms with Gasteiger partial charge in [0, 0.05) is 13.0 Å². The van der Waals surface area contributed by atoms with Gasteiger partial charge in [-0.3, -0.25) is 4.79 Å². The number of methoxy groups -OCH3 is 2. The van der Waals surface area contributed by atoms with Gasteiger partial charge in [0.05, 0.1) is 14.2 Å². The molecule has 1 aromatic rings. The summed E-state index contributed by atoms with van der Waals surface area (Å²) in [7, 11) is 2.95. The van der Waals surface area contributed by atoms with E-state index >= 15 is 0 Å². The third kappa shape index (κ3) is 4.85. The lowest BCUT2D eigenvalue weighted by atomic mass is 9.94. The fourth-order valence-corrected chi connectivity index (χ4v) is 1.85. The van der Waals surface area contributed by atoms with E-state index in [2.05, 4.69) is 26.1 Å². The number of nitrogens with one attached hydrogen (secondary N) is 1. The fraction of sp³-hybridized carbons (Fsp3) is 0.562. The molecule has 0 bridgehead atoms. The number of phenolic OH excluding ortho intramolecular Hbond substituents is 1. The highest BCUT2D eigenvalue weighted by atomic mass is 16.5. The van der Waals surface area contributed by atoms with E-state index < -0.39 is 0 Å². The van der Waals surface area contributed by atoms with Crippen LogP contribution in [0.3, 0.4) is 0 Å². The number of hydrogen-bond acceptors (Lipinski definition) is 4. The van der Waals surface area contributed by atoms with Crippen LogP contribution in [0.1, 0.15) is 32.8 Å². The molecular weight excluding hydrogens is 270 g/mol. The Bertz CT molecular complexity index is 460. The molecular formula is C16H25NO4. The molecule has 5 nitrogen and oxygen atoms in total. The number of amides is 1. The molecule has 1 unspecified atom stereocenters. The Hall–Kier alpha value is -1.91. The monoisotopic (exact) mass is 295 g/mol. The van der Waals surface area contributed by atoms with E-state index in [1.165, 1.54) is 14.2 Å². The smallest absolute Gasteiger partial charge is 0.220 e. The molecule has 0 saturated heterocycles. The third-order valence-corrected chi connectivity index (χ3v) is 3.67. The normalized spacial score (nSPS) is 12.1. The molecule has 0 fully saturated rings. The molecule has 0 heterocycles. The molecule has 0 aliphatic rings. The zero-order chi connectivity index (χ0) is 16.0. The van der Waals surface area contributed by atoms with Crippen LogP contribution < -0.4 is 14.8 Å². The summed E-state index contributed by atoms with van der Waals surface area (Å²) >= 11 is 0. The molecule has 118 valence electrons. The molecule has 1 atom stereocenters. The number of hydrogen-bond donors (Lipinski definition) is 2. The van der Waals surface area contributed by atoms with Crippen molar-refractivity contribution in [2.45, 2.75) is 33.7 Å². The minimum absolute atomic E-state index is 0.0159. The van der Waals surface area contributed by atoms with Gasteiger partial charge in [-0.2, -0.15) is 0 Å². The van der Waals surface area contributed by atoms with E-state index in [1.807, 2.05) is 0 Å². The van der Waals surface area contributed by atoms with Crippen molar-refractivity contribution in [1.82, 2.24) is 5.32 Å². The Kier molecular flexibility index (Phi) is 6.34. The highest BCUT2D eigenvalue weighted by Crippen LogP contribution is 2.37. The largest absolute Gasteiger partial charge is 0.502 e.